The summed E-state index contributed by atoms with van der Waals surface area (Å²) in [6, 6.07) is 13.0. The largest absolute Gasteiger partial charge is 0.497 e. The van der Waals surface area contributed by atoms with Gasteiger partial charge in [0.15, 0.2) is 6.10 Å². The van der Waals surface area contributed by atoms with Crippen LogP contribution < -0.4 is 14.8 Å². The Labute approximate surface area is 141 Å². The van der Waals surface area contributed by atoms with Gasteiger partial charge in [0, 0.05) is 0 Å². The van der Waals surface area contributed by atoms with Crippen LogP contribution in [0.4, 0.5) is 4.39 Å². The van der Waals surface area contributed by atoms with E-state index in [-0.39, 0.29) is 17.8 Å². The van der Waals surface area contributed by atoms with Crippen LogP contribution >= 0.6 is 0 Å². The highest BCUT2D eigenvalue weighted by molar-refractivity contribution is 5.81. The van der Waals surface area contributed by atoms with Gasteiger partial charge in [0.25, 0.3) is 5.91 Å². The lowest BCUT2D eigenvalue weighted by atomic mass is 10.1. The lowest BCUT2D eigenvalue weighted by Gasteiger charge is -2.21. The van der Waals surface area contributed by atoms with E-state index < -0.39 is 6.10 Å². The number of carbonyl (C=O) groups excluding carboxylic acids is 1. The minimum absolute atomic E-state index is 0.158. The summed E-state index contributed by atoms with van der Waals surface area (Å²) in [5.41, 5.74) is 0.973. The summed E-state index contributed by atoms with van der Waals surface area (Å²) in [7, 11) is 1.61. The Hall–Kier alpha value is -2.56. The maximum Gasteiger partial charge on any atom is 0.261 e. The Kier molecular flexibility index (Phi) is 6.18. The highest BCUT2D eigenvalue weighted by atomic mass is 19.1. The van der Waals surface area contributed by atoms with Gasteiger partial charge in [-0.1, -0.05) is 19.1 Å². The van der Waals surface area contributed by atoms with Crippen molar-refractivity contribution in [2.45, 2.75) is 32.4 Å². The quantitative estimate of drug-likeness (QED) is 0.838. The van der Waals surface area contributed by atoms with Crippen LogP contribution in [0, 0.1) is 5.82 Å². The molecule has 1 N–H and O–H groups in total. The zero-order valence-corrected chi connectivity index (χ0v) is 14.1. The van der Waals surface area contributed by atoms with Gasteiger partial charge < -0.3 is 14.8 Å². The molecule has 0 aliphatic carbocycles. The number of nitrogens with one attached hydrogen (secondary N) is 1. The number of hydrogen-bond donors (Lipinski definition) is 1. The topological polar surface area (TPSA) is 47.6 Å². The summed E-state index contributed by atoms with van der Waals surface area (Å²) in [5, 5.41) is 2.94. The first-order valence-corrected chi connectivity index (χ1v) is 7.90. The number of halogens is 1. The summed E-state index contributed by atoms with van der Waals surface area (Å²) in [5.74, 6) is 0.692. The molecule has 0 fully saturated rings. The molecule has 0 saturated heterocycles. The van der Waals surface area contributed by atoms with Crippen LogP contribution in [0.3, 0.4) is 0 Å². The van der Waals surface area contributed by atoms with Crippen LogP contribution in [0.25, 0.3) is 0 Å². The second-order valence-electron chi connectivity index (χ2n) is 5.47. The van der Waals surface area contributed by atoms with Crippen molar-refractivity contribution in [2.24, 2.45) is 0 Å². The van der Waals surface area contributed by atoms with E-state index in [1.807, 2.05) is 38.1 Å². The monoisotopic (exact) mass is 331 g/mol. The van der Waals surface area contributed by atoms with Crippen LogP contribution in [-0.4, -0.2) is 19.1 Å². The highest BCUT2D eigenvalue weighted by Crippen LogP contribution is 2.19. The standard InChI is InChI=1S/C19H22FNO3/c1-4-18(24-17-11-7-15(20)8-12-17)19(22)21-13(2)14-5-9-16(23-3)10-6-14/h5-13,18H,4H2,1-3H3,(H,21,22)/t13-,18+/m1/s1. The smallest absolute Gasteiger partial charge is 0.261 e. The van der Waals surface area contributed by atoms with E-state index in [1.165, 1.54) is 24.3 Å². The van der Waals surface area contributed by atoms with Crippen LogP contribution in [-0.2, 0) is 4.79 Å². The van der Waals surface area contributed by atoms with E-state index >= 15 is 0 Å². The van der Waals surface area contributed by atoms with Crippen molar-refractivity contribution in [3.63, 3.8) is 0 Å². The van der Waals surface area contributed by atoms with Gasteiger partial charge in [-0.25, -0.2) is 4.39 Å². The zero-order chi connectivity index (χ0) is 17.5. The lowest BCUT2D eigenvalue weighted by molar-refractivity contribution is -0.128. The van der Waals surface area contributed by atoms with E-state index in [9.17, 15) is 9.18 Å². The predicted octanol–water partition coefficient (Wildman–Crippen LogP) is 3.87. The van der Waals surface area contributed by atoms with Crippen LogP contribution in [0.1, 0.15) is 31.9 Å². The molecule has 2 aromatic carbocycles. The first-order chi connectivity index (χ1) is 11.5. The van der Waals surface area contributed by atoms with Crippen LogP contribution in [0.15, 0.2) is 48.5 Å². The van der Waals surface area contributed by atoms with Crippen molar-refractivity contribution in [2.75, 3.05) is 7.11 Å². The average Bonchev–Trinajstić information content (AvgIpc) is 2.61. The molecule has 0 unspecified atom stereocenters. The Morgan fingerprint density at radius 2 is 1.67 bits per heavy atom. The fraction of sp³-hybridized carbons (Fsp3) is 0.316. The third-order valence-electron chi connectivity index (χ3n) is 3.73. The van der Waals surface area contributed by atoms with Gasteiger partial charge in [-0.2, -0.15) is 0 Å². The summed E-state index contributed by atoms with van der Waals surface area (Å²) in [4.78, 5) is 12.4. The van der Waals surface area contributed by atoms with Gasteiger partial charge in [-0.3, -0.25) is 4.79 Å². The fourth-order valence-corrected chi connectivity index (χ4v) is 2.28. The third-order valence-corrected chi connectivity index (χ3v) is 3.73. The number of hydrogen-bond acceptors (Lipinski definition) is 3. The summed E-state index contributed by atoms with van der Waals surface area (Å²) in [6.07, 6.45) is -0.116. The number of methoxy groups -OCH3 is 1. The second kappa shape index (κ2) is 8.34. The van der Waals surface area contributed by atoms with Gasteiger partial charge >= 0.3 is 0 Å². The van der Waals surface area contributed by atoms with E-state index in [0.29, 0.717) is 12.2 Å². The second-order valence-corrected chi connectivity index (χ2v) is 5.47. The SMILES string of the molecule is CC[C@H](Oc1ccc(F)cc1)C(=O)N[C@H](C)c1ccc(OC)cc1. The molecule has 0 radical (unpaired) electrons. The van der Waals surface area contributed by atoms with Crippen molar-refractivity contribution in [3.8, 4) is 11.5 Å². The molecular formula is C19H22FNO3. The molecule has 0 spiro atoms. The van der Waals surface area contributed by atoms with Gasteiger partial charge in [0.1, 0.15) is 17.3 Å². The molecule has 0 heterocycles. The zero-order valence-electron chi connectivity index (χ0n) is 14.1. The average molecular weight is 331 g/mol. The minimum Gasteiger partial charge on any atom is -0.497 e. The van der Waals surface area contributed by atoms with Gasteiger partial charge in [0.2, 0.25) is 0 Å². The molecular weight excluding hydrogens is 309 g/mol. The number of amides is 1. The van der Waals surface area contributed by atoms with E-state index in [1.54, 1.807) is 7.11 Å². The molecule has 2 rings (SSSR count). The Morgan fingerprint density at radius 3 is 2.21 bits per heavy atom. The maximum absolute atomic E-state index is 12.9. The number of carbonyl (C=O) groups is 1. The van der Waals surface area contributed by atoms with E-state index in [2.05, 4.69) is 5.32 Å². The summed E-state index contributed by atoms with van der Waals surface area (Å²) >= 11 is 0. The van der Waals surface area contributed by atoms with Crippen molar-refractivity contribution in [1.82, 2.24) is 5.32 Å². The Balaban J connectivity index is 1.98. The number of rotatable bonds is 7. The molecule has 0 bridgehead atoms. The Bertz CT molecular complexity index is 655. The third kappa shape index (κ3) is 4.72. The Morgan fingerprint density at radius 1 is 1.08 bits per heavy atom. The number of benzene rings is 2. The summed E-state index contributed by atoms with van der Waals surface area (Å²) < 4.78 is 23.7. The van der Waals surface area contributed by atoms with Crippen molar-refractivity contribution in [3.05, 3.63) is 59.9 Å². The number of ether oxygens (including phenoxy) is 2. The minimum atomic E-state index is -0.629. The molecule has 0 aliphatic rings. The van der Waals surface area contributed by atoms with Gasteiger partial charge in [0.05, 0.1) is 13.2 Å². The molecule has 0 aliphatic heterocycles. The molecule has 0 aromatic heterocycles. The molecule has 1 amide bonds. The maximum atomic E-state index is 12.9. The molecule has 2 aromatic rings. The van der Waals surface area contributed by atoms with Crippen LogP contribution in [0.5, 0.6) is 11.5 Å². The highest BCUT2D eigenvalue weighted by Gasteiger charge is 2.20. The molecule has 2 atom stereocenters. The van der Waals surface area contributed by atoms with Crippen molar-refractivity contribution in [1.29, 1.82) is 0 Å². The summed E-state index contributed by atoms with van der Waals surface area (Å²) in [6.45, 7) is 3.77. The van der Waals surface area contributed by atoms with Crippen molar-refractivity contribution < 1.29 is 18.7 Å². The molecule has 4 nitrogen and oxygen atoms in total. The molecule has 0 saturated carbocycles. The first kappa shape index (κ1) is 17.8. The van der Waals surface area contributed by atoms with Gasteiger partial charge in [-0.05, 0) is 55.3 Å². The normalized spacial score (nSPS) is 13.0. The molecule has 24 heavy (non-hydrogen) atoms. The fourth-order valence-electron chi connectivity index (χ4n) is 2.28. The van der Waals surface area contributed by atoms with Crippen molar-refractivity contribution >= 4 is 5.91 Å². The molecule has 128 valence electrons. The predicted molar refractivity (Wildman–Crippen MR) is 90.7 cm³/mol. The van der Waals surface area contributed by atoms with Gasteiger partial charge in [-0.15, -0.1) is 0 Å². The first-order valence-electron chi connectivity index (χ1n) is 7.90. The lowest BCUT2D eigenvalue weighted by Crippen LogP contribution is -2.39. The van der Waals surface area contributed by atoms with E-state index in [4.69, 9.17) is 9.47 Å². The molecule has 5 heteroatoms. The van der Waals surface area contributed by atoms with Crippen LogP contribution in [0.2, 0.25) is 0 Å². The van der Waals surface area contributed by atoms with E-state index in [0.717, 1.165) is 11.3 Å².